The van der Waals surface area contributed by atoms with Crippen molar-refractivity contribution in [3.63, 3.8) is 0 Å². The number of anilines is 2. The fourth-order valence-electron chi connectivity index (χ4n) is 3.45. The number of nitrogens with zero attached hydrogens (tertiary/aromatic N) is 4. The molecule has 0 bridgehead atoms. The van der Waals surface area contributed by atoms with Gasteiger partial charge in [0.25, 0.3) is 5.91 Å². The first-order valence-electron chi connectivity index (χ1n) is 9.10. The maximum absolute atomic E-state index is 12.8. The van der Waals surface area contributed by atoms with Crippen molar-refractivity contribution in [2.75, 3.05) is 23.3 Å². The van der Waals surface area contributed by atoms with Crippen molar-refractivity contribution >= 4 is 29.0 Å². The molecule has 1 aliphatic rings. The minimum absolute atomic E-state index is 0.324. The number of aryl methyl sites for hydroxylation is 1. The highest BCUT2D eigenvalue weighted by atomic mass is 16.2. The minimum Gasteiger partial charge on any atom is -0.351 e. The molecule has 0 radical (unpaired) electrons. The van der Waals surface area contributed by atoms with E-state index >= 15 is 0 Å². The lowest BCUT2D eigenvalue weighted by molar-refractivity contribution is 0.102. The normalized spacial score (nSPS) is 13.4. The van der Waals surface area contributed by atoms with E-state index in [9.17, 15) is 9.59 Å². The van der Waals surface area contributed by atoms with E-state index in [-0.39, 0.29) is 5.91 Å². The number of rotatable bonds is 4. The Balaban J connectivity index is 1.60. The van der Waals surface area contributed by atoms with E-state index in [0.717, 1.165) is 29.7 Å². The van der Waals surface area contributed by atoms with Gasteiger partial charge in [0, 0.05) is 24.6 Å². The number of benzene rings is 1. The average Bonchev–Trinajstić information content (AvgIpc) is 3.11. The van der Waals surface area contributed by atoms with Crippen LogP contribution in [-0.2, 0) is 12.8 Å². The van der Waals surface area contributed by atoms with Crippen LogP contribution in [0.1, 0.15) is 27.9 Å². The largest absolute Gasteiger partial charge is 0.351 e. The summed E-state index contributed by atoms with van der Waals surface area (Å²) in [5.41, 5.74) is 15.2. The lowest BCUT2D eigenvalue weighted by Gasteiger charge is -2.28. The zero-order valence-electron chi connectivity index (χ0n) is 15.3. The summed E-state index contributed by atoms with van der Waals surface area (Å²) in [6.07, 6.45) is 7.42. The number of carbonyl (C=O) groups is 2. The third-order valence-electron chi connectivity index (χ3n) is 4.82. The van der Waals surface area contributed by atoms with Crippen LogP contribution < -0.4 is 21.7 Å². The molecule has 4 rings (SSSR count). The zero-order valence-corrected chi connectivity index (χ0v) is 15.3. The first-order valence-corrected chi connectivity index (χ1v) is 9.10. The van der Waals surface area contributed by atoms with Gasteiger partial charge < -0.3 is 16.8 Å². The first-order chi connectivity index (χ1) is 13.6. The van der Waals surface area contributed by atoms with Crippen LogP contribution >= 0.6 is 0 Å². The van der Waals surface area contributed by atoms with E-state index < -0.39 is 6.03 Å². The Labute approximate surface area is 161 Å². The number of hydrogen-bond donors (Lipinski definition) is 3. The van der Waals surface area contributed by atoms with Crippen LogP contribution in [0.15, 0.2) is 36.8 Å². The molecular weight excluding hydrogens is 358 g/mol. The third kappa shape index (κ3) is 3.27. The van der Waals surface area contributed by atoms with E-state index in [4.69, 9.17) is 11.5 Å². The summed E-state index contributed by atoms with van der Waals surface area (Å²) in [6.45, 7) is 1.09. The lowest BCUT2D eigenvalue weighted by atomic mass is 10.0. The molecule has 3 heterocycles. The molecule has 1 aliphatic heterocycles. The number of primary amides is 1. The van der Waals surface area contributed by atoms with E-state index in [0.29, 0.717) is 36.4 Å². The standard InChI is InChI=1S/C19H21N7O2/c20-6-5-12-9-22-17-15(10-23-26(17)11-12)18(27)24-14-4-3-13-2-1-7-25(19(21)28)16(13)8-14/h3-4,8-11H,1-2,5-7,20H2,(H2,21,28)(H,24,27). The highest BCUT2D eigenvalue weighted by Gasteiger charge is 2.22. The van der Waals surface area contributed by atoms with Gasteiger partial charge in [0.2, 0.25) is 0 Å². The highest BCUT2D eigenvalue weighted by molar-refractivity contribution is 6.08. The molecule has 9 heteroatoms. The maximum atomic E-state index is 12.8. The van der Waals surface area contributed by atoms with Gasteiger partial charge >= 0.3 is 6.03 Å². The lowest BCUT2D eigenvalue weighted by Crippen LogP contribution is -2.39. The van der Waals surface area contributed by atoms with Gasteiger partial charge in [-0.15, -0.1) is 0 Å². The number of aromatic nitrogens is 3. The van der Waals surface area contributed by atoms with Gasteiger partial charge in [-0.25, -0.2) is 14.3 Å². The second kappa shape index (κ2) is 7.28. The Bertz CT molecular complexity index is 1060. The second-order valence-corrected chi connectivity index (χ2v) is 6.72. The summed E-state index contributed by atoms with van der Waals surface area (Å²) in [7, 11) is 0. The van der Waals surface area contributed by atoms with Crippen LogP contribution in [-0.4, -0.2) is 39.6 Å². The fourth-order valence-corrected chi connectivity index (χ4v) is 3.45. The number of urea groups is 1. The molecule has 2 aromatic heterocycles. The third-order valence-corrected chi connectivity index (χ3v) is 4.82. The smallest absolute Gasteiger partial charge is 0.319 e. The van der Waals surface area contributed by atoms with Crippen molar-refractivity contribution in [3.8, 4) is 0 Å². The van der Waals surface area contributed by atoms with Gasteiger partial charge in [-0.05, 0) is 49.1 Å². The Kier molecular flexibility index (Phi) is 4.66. The Morgan fingerprint density at radius 3 is 2.89 bits per heavy atom. The molecule has 9 nitrogen and oxygen atoms in total. The Hall–Kier alpha value is -3.46. The van der Waals surface area contributed by atoms with Gasteiger partial charge in [0.15, 0.2) is 5.65 Å². The fraction of sp³-hybridized carbons (Fsp3) is 0.263. The van der Waals surface area contributed by atoms with Crippen molar-refractivity contribution in [2.24, 2.45) is 11.5 Å². The van der Waals surface area contributed by atoms with Crippen molar-refractivity contribution in [3.05, 3.63) is 53.5 Å². The van der Waals surface area contributed by atoms with Gasteiger partial charge in [0.1, 0.15) is 5.56 Å². The van der Waals surface area contributed by atoms with Crippen LogP contribution in [0.3, 0.4) is 0 Å². The number of nitrogens with one attached hydrogen (secondary N) is 1. The molecule has 3 amide bonds. The van der Waals surface area contributed by atoms with Gasteiger partial charge in [-0.1, -0.05) is 6.07 Å². The van der Waals surface area contributed by atoms with Gasteiger partial charge in [-0.3, -0.25) is 9.69 Å². The highest BCUT2D eigenvalue weighted by Crippen LogP contribution is 2.30. The number of amides is 3. The maximum Gasteiger partial charge on any atom is 0.319 e. The van der Waals surface area contributed by atoms with Gasteiger partial charge in [-0.2, -0.15) is 5.10 Å². The summed E-state index contributed by atoms with van der Waals surface area (Å²) in [6, 6.07) is 5.01. The Morgan fingerprint density at radius 2 is 2.11 bits per heavy atom. The molecule has 0 unspecified atom stereocenters. The molecule has 3 aromatic rings. The van der Waals surface area contributed by atoms with Crippen LogP contribution in [0.25, 0.3) is 5.65 Å². The van der Waals surface area contributed by atoms with E-state index in [1.165, 1.54) is 11.1 Å². The number of nitrogens with two attached hydrogens (primary N) is 2. The second-order valence-electron chi connectivity index (χ2n) is 6.72. The van der Waals surface area contributed by atoms with Crippen LogP contribution in [0.2, 0.25) is 0 Å². The topological polar surface area (TPSA) is 132 Å². The number of carbonyl (C=O) groups excluding carboxylic acids is 2. The molecule has 0 saturated carbocycles. The van der Waals surface area contributed by atoms with E-state index in [1.807, 2.05) is 18.3 Å². The molecule has 5 N–H and O–H groups in total. The first kappa shape index (κ1) is 17.9. The summed E-state index contributed by atoms with van der Waals surface area (Å²) in [5, 5.41) is 7.07. The van der Waals surface area contributed by atoms with Crippen molar-refractivity contribution in [1.29, 1.82) is 0 Å². The van der Waals surface area contributed by atoms with Crippen LogP contribution in [0.5, 0.6) is 0 Å². The summed E-state index contributed by atoms with van der Waals surface area (Å²) in [4.78, 5) is 30.3. The zero-order chi connectivity index (χ0) is 19.7. The molecule has 0 spiro atoms. The molecule has 0 aliphatic carbocycles. The monoisotopic (exact) mass is 379 g/mol. The molecule has 144 valence electrons. The molecule has 0 fully saturated rings. The van der Waals surface area contributed by atoms with Crippen LogP contribution in [0, 0.1) is 0 Å². The summed E-state index contributed by atoms with van der Waals surface area (Å²) in [5.74, 6) is -0.324. The minimum atomic E-state index is -0.496. The van der Waals surface area contributed by atoms with Crippen molar-refractivity contribution < 1.29 is 9.59 Å². The van der Waals surface area contributed by atoms with E-state index in [2.05, 4.69) is 15.4 Å². The quantitative estimate of drug-likeness (QED) is 0.629. The Morgan fingerprint density at radius 1 is 1.25 bits per heavy atom. The average molecular weight is 379 g/mol. The number of fused-ring (bicyclic) bond motifs is 2. The summed E-state index contributed by atoms with van der Waals surface area (Å²) >= 11 is 0. The molecule has 28 heavy (non-hydrogen) atoms. The molecule has 0 saturated heterocycles. The molecular formula is C19H21N7O2. The molecule has 0 atom stereocenters. The van der Waals surface area contributed by atoms with Crippen LogP contribution in [0.4, 0.5) is 16.2 Å². The molecule has 1 aromatic carbocycles. The van der Waals surface area contributed by atoms with Crippen molar-refractivity contribution in [1.82, 2.24) is 14.6 Å². The summed E-state index contributed by atoms with van der Waals surface area (Å²) < 4.78 is 1.57. The number of hydrogen-bond acceptors (Lipinski definition) is 5. The van der Waals surface area contributed by atoms with Crippen molar-refractivity contribution in [2.45, 2.75) is 19.3 Å². The predicted molar refractivity (Wildman–Crippen MR) is 105 cm³/mol. The van der Waals surface area contributed by atoms with Gasteiger partial charge in [0.05, 0.1) is 11.9 Å². The predicted octanol–water partition coefficient (Wildman–Crippen LogP) is 1.31. The SMILES string of the molecule is NCCc1cnc2c(C(=O)Nc3ccc4c(c3)N(C(N)=O)CCC4)cnn2c1. The van der Waals surface area contributed by atoms with E-state index in [1.54, 1.807) is 16.8 Å².